The third-order valence-corrected chi connectivity index (χ3v) is 10.5. The molecule has 2 aliphatic heterocycles. The van der Waals surface area contributed by atoms with Gasteiger partial charge in [0.1, 0.15) is 12.4 Å². The number of imide groups is 2. The molecular weight excluding hydrogens is 568 g/mol. The summed E-state index contributed by atoms with van der Waals surface area (Å²) in [4.78, 5) is 59.4. The molecule has 4 amide bonds. The van der Waals surface area contributed by atoms with Crippen LogP contribution in [0.4, 0.5) is 11.4 Å². The van der Waals surface area contributed by atoms with Crippen LogP contribution < -0.4 is 14.5 Å². The molecule has 0 bridgehead atoms. The van der Waals surface area contributed by atoms with Crippen LogP contribution in [0.25, 0.3) is 0 Å². The van der Waals surface area contributed by atoms with Gasteiger partial charge in [0.25, 0.3) is 0 Å². The van der Waals surface area contributed by atoms with E-state index in [9.17, 15) is 24.3 Å². The van der Waals surface area contributed by atoms with Crippen LogP contribution in [0.1, 0.15) is 43.7 Å². The maximum atomic E-state index is 14.5. The highest BCUT2D eigenvalue weighted by Gasteiger charge is 2.67. The highest BCUT2D eigenvalue weighted by molar-refractivity contribution is 6.25. The molecule has 6 atom stereocenters. The summed E-state index contributed by atoms with van der Waals surface area (Å²) < 4.78 is 5.60. The third-order valence-electron chi connectivity index (χ3n) is 10.5. The van der Waals surface area contributed by atoms with Gasteiger partial charge >= 0.3 is 0 Å². The van der Waals surface area contributed by atoms with Crippen molar-refractivity contribution in [2.45, 2.75) is 39.0 Å². The number of hydrogen-bond acceptors (Lipinski definition) is 6. The number of allylic oxidation sites excluding steroid dienone is 2. The van der Waals surface area contributed by atoms with E-state index < -0.39 is 29.1 Å². The number of rotatable bonds is 7. The molecule has 2 aliphatic carbocycles. The molecule has 0 radical (unpaired) electrons. The molecule has 230 valence electrons. The highest BCUT2D eigenvalue weighted by atomic mass is 16.5. The molecule has 7 rings (SSSR count). The summed E-state index contributed by atoms with van der Waals surface area (Å²) >= 11 is 0. The van der Waals surface area contributed by atoms with Crippen LogP contribution in [0.3, 0.4) is 0 Å². The van der Waals surface area contributed by atoms with E-state index in [2.05, 4.69) is 13.0 Å². The fraction of sp³-hybridized carbons (Fsp3) is 0.351. The van der Waals surface area contributed by atoms with Crippen molar-refractivity contribution in [3.05, 3.63) is 102 Å². The Labute approximate surface area is 262 Å². The Kier molecular flexibility index (Phi) is 7.20. The van der Waals surface area contributed by atoms with Gasteiger partial charge in [0.2, 0.25) is 23.6 Å². The predicted molar refractivity (Wildman–Crippen MR) is 168 cm³/mol. The van der Waals surface area contributed by atoms with Crippen molar-refractivity contribution in [2.75, 3.05) is 23.0 Å². The fourth-order valence-corrected chi connectivity index (χ4v) is 8.27. The molecule has 0 unspecified atom stereocenters. The second-order valence-electron chi connectivity index (χ2n) is 12.7. The van der Waals surface area contributed by atoms with Gasteiger partial charge < -0.3 is 9.84 Å². The number of ether oxygens (including phenoxy) is 1. The topological polar surface area (TPSA) is 104 Å². The predicted octanol–water partition coefficient (Wildman–Crippen LogP) is 5.06. The van der Waals surface area contributed by atoms with E-state index in [1.54, 1.807) is 36.4 Å². The zero-order valence-corrected chi connectivity index (χ0v) is 25.4. The summed E-state index contributed by atoms with van der Waals surface area (Å²) in [6, 6.07) is 24.0. The number of benzene rings is 3. The van der Waals surface area contributed by atoms with Crippen LogP contribution in [0.15, 0.2) is 90.5 Å². The Morgan fingerprint density at radius 1 is 0.822 bits per heavy atom. The van der Waals surface area contributed by atoms with Crippen LogP contribution in [-0.4, -0.2) is 41.9 Å². The number of nitrogens with zero attached hydrogens (tertiary/aromatic N) is 2. The zero-order chi connectivity index (χ0) is 31.5. The number of carbonyl (C=O) groups excluding carboxylic acids is 4. The van der Waals surface area contributed by atoms with Crippen molar-refractivity contribution in [3.63, 3.8) is 0 Å². The first-order chi connectivity index (χ1) is 21.8. The lowest BCUT2D eigenvalue weighted by Gasteiger charge is -2.49. The summed E-state index contributed by atoms with van der Waals surface area (Å²) in [5, 5.41) is 9.19. The smallest absolute Gasteiger partial charge is 0.241 e. The largest absolute Gasteiger partial charge is 0.491 e. The van der Waals surface area contributed by atoms with Gasteiger partial charge in [-0.15, -0.1) is 0 Å². The average Bonchev–Trinajstić information content (AvgIpc) is 3.44. The number of aliphatic hydroxyl groups excluding tert-OH is 1. The lowest BCUT2D eigenvalue weighted by Crippen LogP contribution is -2.48. The van der Waals surface area contributed by atoms with Gasteiger partial charge in [-0.1, -0.05) is 61.0 Å². The average molecular weight is 605 g/mol. The Bertz CT molecular complexity index is 1700. The molecule has 4 aliphatic rings. The molecule has 3 aromatic rings. The number of para-hydroxylation sites is 1. The lowest BCUT2D eigenvalue weighted by atomic mass is 9.51. The van der Waals surface area contributed by atoms with E-state index in [0.29, 0.717) is 30.0 Å². The first-order valence-electron chi connectivity index (χ1n) is 15.7. The zero-order valence-electron chi connectivity index (χ0n) is 25.4. The van der Waals surface area contributed by atoms with Crippen molar-refractivity contribution >= 4 is 35.0 Å². The van der Waals surface area contributed by atoms with E-state index >= 15 is 0 Å². The maximum absolute atomic E-state index is 14.5. The van der Waals surface area contributed by atoms with Crippen LogP contribution >= 0.6 is 0 Å². The Morgan fingerprint density at radius 2 is 1.51 bits per heavy atom. The molecule has 1 N–H and O–H groups in total. The highest BCUT2D eigenvalue weighted by Crippen LogP contribution is 2.63. The number of carbonyl (C=O) groups is 4. The summed E-state index contributed by atoms with van der Waals surface area (Å²) in [5.41, 5.74) is 2.90. The second-order valence-corrected chi connectivity index (χ2v) is 12.7. The Hall–Kier alpha value is -4.56. The summed E-state index contributed by atoms with van der Waals surface area (Å²) in [6.07, 6.45) is 3.62. The number of aliphatic hydroxyl groups is 1. The number of amides is 4. The van der Waals surface area contributed by atoms with Crippen LogP contribution in [0.2, 0.25) is 0 Å². The van der Waals surface area contributed by atoms with E-state index in [-0.39, 0.29) is 42.8 Å². The molecule has 2 heterocycles. The SMILES string of the molecule is CCc1ccc(N2C(=O)[C@H]3[C@H](CC=C4[C@H]3C[C@H]3C(=O)N(c5ccccc5)C(=O)[C@@]3(C)[C@H]4c3ccc(OCCO)cc3)C2=O)cc1. The van der Waals surface area contributed by atoms with Crippen molar-refractivity contribution in [1.29, 1.82) is 0 Å². The molecular formula is C37H36N2O6. The lowest BCUT2D eigenvalue weighted by molar-refractivity contribution is -0.131. The van der Waals surface area contributed by atoms with Gasteiger partial charge in [-0.3, -0.25) is 24.1 Å². The van der Waals surface area contributed by atoms with E-state index in [4.69, 9.17) is 4.74 Å². The first-order valence-corrected chi connectivity index (χ1v) is 15.7. The molecule has 45 heavy (non-hydrogen) atoms. The van der Waals surface area contributed by atoms with Crippen molar-refractivity contribution in [3.8, 4) is 5.75 Å². The number of aryl methyl sites for hydroxylation is 1. The van der Waals surface area contributed by atoms with E-state index in [1.807, 2.05) is 49.4 Å². The minimum Gasteiger partial charge on any atom is -0.491 e. The minimum atomic E-state index is -1.10. The van der Waals surface area contributed by atoms with Crippen LogP contribution in [-0.2, 0) is 25.6 Å². The molecule has 3 fully saturated rings. The van der Waals surface area contributed by atoms with Crippen LogP contribution in [0, 0.1) is 29.1 Å². The molecule has 8 heteroatoms. The van der Waals surface area contributed by atoms with Crippen molar-refractivity contribution in [1.82, 2.24) is 0 Å². The molecule has 2 saturated heterocycles. The van der Waals surface area contributed by atoms with Crippen molar-refractivity contribution in [2.24, 2.45) is 29.1 Å². The standard InChI is InChI=1S/C37H36N2O6/c1-3-22-9-13-25(14-10-22)38-33(41)28-18-17-27-29(31(28)35(38)43)21-30-34(42)39(24-7-5-4-6-8-24)36(44)37(30,2)32(27)23-11-15-26(16-12-23)45-20-19-40/h4-17,28-32,40H,3,18-21H2,1-2H3/t28-,29+,30-,31-,32-,37+/m0/s1. The number of anilines is 2. The first kappa shape index (κ1) is 29.2. The number of hydrogen-bond donors (Lipinski definition) is 1. The van der Waals surface area contributed by atoms with Crippen LogP contribution in [0.5, 0.6) is 5.75 Å². The molecule has 3 aromatic carbocycles. The van der Waals surface area contributed by atoms with E-state index in [0.717, 1.165) is 23.1 Å². The Morgan fingerprint density at radius 3 is 2.18 bits per heavy atom. The van der Waals surface area contributed by atoms with Crippen molar-refractivity contribution < 1.29 is 29.0 Å². The van der Waals surface area contributed by atoms with Gasteiger partial charge in [0, 0.05) is 5.92 Å². The summed E-state index contributed by atoms with van der Waals surface area (Å²) in [6.45, 7) is 3.99. The Balaban J connectivity index is 1.32. The van der Waals surface area contributed by atoms with Gasteiger partial charge in [-0.25, -0.2) is 4.90 Å². The summed E-state index contributed by atoms with van der Waals surface area (Å²) in [5.74, 6) is -3.07. The van der Waals surface area contributed by atoms with E-state index in [1.165, 1.54) is 9.80 Å². The maximum Gasteiger partial charge on any atom is 0.241 e. The quantitative estimate of drug-likeness (QED) is 0.299. The van der Waals surface area contributed by atoms with Gasteiger partial charge in [0.15, 0.2) is 0 Å². The second kappa shape index (κ2) is 11.1. The van der Waals surface area contributed by atoms with Gasteiger partial charge in [-0.05, 0) is 79.6 Å². The third kappa shape index (κ3) is 4.37. The monoisotopic (exact) mass is 604 g/mol. The van der Waals surface area contributed by atoms with Gasteiger partial charge in [0.05, 0.1) is 41.2 Å². The molecule has 8 nitrogen and oxygen atoms in total. The molecule has 0 spiro atoms. The minimum absolute atomic E-state index is 0.111. The summed E-state index contributed by atoms with van der Waals surface area (Å²) in [7, 11) is 0. The molecule has 1 saturated carbocycles. The molecule has 0 aromatic heterocycles. The van der Waals surface area contributed by atoms with Gasteiger partial charge in [-0.2, -0.15) is 0 Å². The fourth-order valence-electron chi connectivity index (χ4n) is 8.27. The normalized spacial score (nSPS) is 29.0. The number of fused-ring (bicyclic) bond motifs is 4.